The van der Waals surface area contributed by atoms with Crippen molar-refractivity contribution in [1.82, 2.24) is 4.72 Å². The van der Waals surface area contributed by atoms with Crippen molar-refractivity contribution < 1.29 is 27.9 Å². The fourth-order valence-corrected chi connectivity index (χ4v) is 4.17. The molecule has 0 bridgehead atoms. The Balaban J connectivity index is 3.02. The summed E-state index contributed by atoms with van der Waals surface area (Å²) in [6, 6.07) is 0.551. The fourth-order valence-electron chi connectivity index (χ4n) is 1.51. The van der Waals surface area contributed by atoms with E-state index in [2.05, 4.69) is 9.46 Å². The molecule has 2 N–H and O–H groups in total. The number of carbonyl (C=O) groups is 2. The zero-order valence-corrected chi connectivity index (χ0v) is 12.6. The van der Waals surface area contributed by atoms with Crippen molar-refractivity contribution in [1.29, 1.82) is 0 Å². The molecular weight excluding hydrogens is 306 g/mol. The topological polar surface area (TPSA) is 110 Å². The number of thiophene rings is 1. The van der Waals surface area contributed by atoms with E-state index in [1.807, 2.05) is 0 Å². The summed E-state index contributed by atoms with van der Waals surface area (Å²) in [4.78, 5) is 21.9. The van der Waals surface area contributed by atoms with Gasteiger partial charge in [-0.15, -0.1) is 11.3 Å². The molecule has 112 valence electrons. The normalized spacial score (nSPS) is 12.9. The van der Waals surface area contributed by atoms with E-state index in [9.17, 15) is 18.0 Å². The Morgan fingerprint density at radius 3 is 2.65 bits per heavy atom. The highest BCUT2D eigenvalue weighted by Crippen LogP contribution is 2.23. The lowest BCUT2D eigenvalue weighted by Gasteiger charge is -2.15. The summed E-state index contributed by atoms with van der Waals surface area (Å²) in [7, 11) is -2.81. The van der Waals surface area contributed by atoms with Gasteiger partial charge in [-0.1, -0.05) is 6.92 Å². The van der Waals surface area contributed by atoms with E-state index < -0.39 is 28.0 Å². The van der Waals surface area contributed by atoms with Gasteiger partial charge >= 0.3 is 11.9 Å². The van der Waals surface area contributed by atoms with Crippen LogP contribution in [0.4, 0.5) is 0 Å². The third-order valence-corrected chi connectivity index (χ3v) is 5.11. The Hall–Kier alpha value is -1.45. The summed E-state index contributed by atoms with van der Waals surface area (Å²) in [5.41, 5.74) is 0. The van der Waals surface area contributed by atoms with E-state index >= 15 is 0 Å². The number of aliphatic carboxylic acids is 1. The molecule has 7 nitrogen and oxygen atoms in total. The van der Waals surface area contributed by atoms with Crippen LogP contribution in [-0.4, -0.2) is 38.6 Å². The largest absolute Gasteiger partial charge is 0.481 e. The first-order valence-electron chi connectivity index (χ1n) is 5.71. The van der Waals surface area contributed by atoms with Gasteiger partial charge < -0.3 is 9.84 Å². The summed E-state index contributed by atoms with van der Waals surface area (Å²) >= 11 is 0.948. The van der Waals surface area contributed by atoms with E-state index in [1.165, 1.54) is 11.4 Å². The van der Waals surface area contributed by atoms with Gasteiger partial charge in [0.15, 0.2) is 0 Å². The molecule has 0 amide bonds. The average molecular weight is 321 g/mol. The van der Waals surface area contributed by atoms with E-state index in [0.29, 0.717) is 6.42 Å². The van der Waals surface area contributed by atoms with Gasteiger partial charge in [-0.2, -0.15) is 0 Å². The molecule has 0 aliphatic heterocycles. The molecule has 20 heavy (non-hydrogen) atoms. The summed E-state index contributed by atoms with van der Waals surface area (Å²) in [5.74, 6) is -1.84. The van der Waals surface area contributed by atoms with Gasteiger partial charge in [0.2, 0.25) is 10.0 Å². The van der Waals surface area contributed by atoms with E-state index in [1.54, 1.807) is 6.92 Å². The standard InChI is InChI=1S/C11H15NO6S2/c1-3-7(6-9(13)14)12-20(16,17)8-4-5-19-10(8)11(15)18-2/h4-5,7,12H,3,6H2,1-2H3,(H,13,14). The molecule has 0 saturated heterocycles. The predicted octanol–water partition coefficient (Wildman–Crippen LogP) is 1.07. The van der Waals surface area contributed by atoms with Gasteiger partial charge in [0.25, 0.3) is 0 Å². The predicted molar refractivity (Wildman–Crippen MR) is 72.3 cm³/mol. The highest BCUT2D eigenvalue weighted by atomic mass is 32.2. The van der Waals surface area contributed by atoms with Crippen molar-refractivity contribution >= 4 is 33.3 Å². The van der Waals surface area contributed by atoms with Crippen LogP contribution in [0.5, 0.6) is 0 Å². The Labute approximate surface area is 120 Å². The minimum atomic E-state index is -3.96. The molecule has 1 unspecified atom stereocenters. The van der Waals surface area contributed by atoms with Crippen molar-refractivity contribution in [2.45, 2.75) is 30.7 Å². The summed E-state index contributed by atoms with van der Waals surface area (Å²) < 4.78 is 31.2. The number of hydrogen-bond acceptors (Lipinski definition) is 6. The zero-order valence-electron chi connectivity index (χ0n) is 11.0. The lowest BCUT2D eigenvalue weighted by Crippen LogP contribution is -2.36. The Morgan fingerprint density at radius 1 is 1.50 bits per heavy atom. The number of rotatable bonds is 7. The molecule has 1 heterocycles. The van der Waals surface area contributed by atoms with E-state index in [0.717, 1.165) is 18.4 Å². The third-order valence-electron chi connectivity index (χ3n) is 2.53. The first kappa shape index (κ1) is 16.6. The first-order valence-corrected chi connectivity index (χ1v) is 8.08. The second-order valence-corrected chi connectivity index (χ2v) is 6.53. The third kappa shape index (κ3) is 4.02. The second kappa shape index (κ2) is 6.82. The zero-order chi connectivity index (χ0) is 15.3. The molecule has 1 aromatic heterocycles. The molecule has 0 radical (unpaired) electrons. The quantitative estimate of drug-likeness (QED) is 0.727. The number of esters is 1. The molecule has 1 aromatic rings. The highest BCUT2D eigenvalue weighted by Gasteiger charge is 2.27. The molecule has 0 aromatic carbocycles. The molecular formula is C11H15NO6S2. The van der Waals surface area contributed by atoms with Crippen LogP contribution in [0.3, 0.4) is 0 Å². The molecule has 0 aliphatic carbocycles. The van der Waals surface area contributed by atoms with Crippen LogP contribution in [0.25, 0.3) is 0 Å². The first-order chi connectivity index (χ1) is 9.31. The number of ether oxygens (including phenoxy) is 1. The van der Waals surface area contributed by atoms with Gasteiger partial charge in [0, 0.05) is 6.04 Å². The van der Waals surface area contributed by atoms with E-state index in [4.69, 9.17) is 5.11 Å². The van der Waals surface area contributed by atoms with Crippen molar-refractivity contribution in [2.75, 3.05) is 7.11 Å². The maximum absolute atomic E-state index is 12.2. The van der Waals surface area contributed by atoms with Crippen LogP contribution >= 0.6 is 11.3 Å². The lowest BCUT2D eigenvalue weighted by molar-refractivity contribution is -0.137. The van der Waals surface area contributed by atoms with Crippen LogP contribution in [0, 0.1) is 0 Å². The van der Waals surface area contributed by atoms with Gasteiger partial charge in [-0.3, -0.25) is 4.79 Å². The molecule has 0 saturated carbocycles. The van der Waals surface area contributed by atoms with Gasteiger partial charge in [0.1, 0.15) is 9.77 Å². The summed E-state index contributed by atoms with van der Waals surface area (Å²) in [5, 5.41) is 10.2. The molecule has 0 spiro atoms. The minimum absolute atomic E-state index is 0.0369. The molecule has 0 aliphatic rings. The SMILES string of the molecule is CCC(CC(=O)O)NS(=O)(=O)c1ccsc1C(=O)OC. The van der Waals surface area contributed by atoms with Gasteiger partial charge in [-0.05, 0) is 17.9 Å². The van der Waals surface area contributed by atoms with Crippen molar-refractivity contribution in [3.05, 3.63) is 16.3 Å². The van der Waals surface area contributed by atoms with Crippen LogP contribution in [0.15, 0.2) is 16.3 Å². The number of sulfonamides is 1. The van der Waals surface area contributed by atoms with Crippen molar-refractivity contribution in [3.8, 4) is 0 Å². The second-order valence-electron chi connectivity index (χ2n) is 3.93. The van der Waals surface area contributed by atoms with E-state index in [-0.39, 0.29) is 16.2 Å². The molecule has 1 rings (SSSR count). The number of methoxy groups -OCH3 is 1. The molecule has 1 atom stereocenters. The van der Waals surface area contributed by atoms with Gasteiger partial charge in [-0.25, -0.2) is 17.9 Å². The van der Waals surface area contributed by atoms with Crippen molar-refractivity contribution in [2.24, 2.45) is 0 Å². The fraction of sp³-hybridized carbons (Fsp3) is 0.455. The maximum atomic E-state index is 12.2. The number of carboxylic acid groups (broad SMARTS) is 1. The number of hydrogen-bond donors (Lipinski definition) is 2. The van der Waals surface area contributed by atoms with Crippen molar-refractivity contribution in [3.63, 3.8) is 0 Å². The van der Waals surface area contributed by atoms with Crippen LogP contribution < -0.4 is 4.72 Å². The van der Waals surface area contributed by atoms with Crippen LogP contribution in [-0.2, 0) is 19.6 Å². The Bertz CT molecular complexity index is 592. The lowest BCUT2D eigenvalue weighted by atomic mass is 10.2. The van der Waals surface area contributed by atoms with Crippen LogP contribution in [0.2, 0.25) is 0 Å². The molecule has 9 heteroatoms. The minimum Gasteiger partial charge on any atom is -0.481 e. The maximum Gasteiger partial charge on any atom is 0.349 e. The van der Waals surface area contributed by atoms with Crippen LogP contribution in [0.1, 0.15) is 29.4 Å². The number of carboxylic acids is 1. The number of carbonyl (C=O) groups excluding carboxylic acids is 1. The average Bonchev–Trinajstić information content (AvgIpc) is 2.86. The molecule has 0 fully saturated rings. The highest BCUT2D eigenvalue weighted by molar-refractivity contribution is 7.89. The number of nitrogens with one attached hydrogen (secondary N) is 1. The summed E-state index contributed by atoms with van der Waals surface area (Å²) in [6.07, 6.45) is -0.00332. The Kier molecular flexibility index (Phi) is 5.66. The summed E-state index contributed by atoms with van der Waals surface area (Å²) in [6.45, 7) is 1.67. The van der Waals surface area contributed by atoms with Gasteiger partial charge in [0.05, 0.1) is 13.5 Å². The Morgan fingerprint density at radius 2 is 2.15 bits per heavy atom. The smallest absolute Gasteiger partial charge is 0.349 e. The monoisotopic (exact) mass is 321 g/mol.